The van der Waals surface area contributed by atoms with Gasteiger partial charge in [0, 0.05) is 0 Å². The highest BCUT2D eigenvalue weighted by molar-refractivity contribution is 6.29. The summed E-state index contributed by atoms with van der Waals surface area (Å²) in [4.78, 5) is 0. The molecule has 0 radical (unpaired) electrons. The Morgan fingerprint density at radius 3 is 2.62 bits per heavy atom. The molecule has 0 aliphatic rings. The molecule has 0 aliphatic carbocycles. The Hall–Kier alpha value is -1.41. The second-order valence-corrected chi connectivity index (χ2v) is 3.59. The van der Waals surface area contributed by atoms with Gasteiger partial charge in [-0.2, -0.15) is 0 Å². The SMILES string of the molecule is C\C=C/C=C\C=C\c1nnc(Cl)cc1CC. The molecule has 1 rings (SSSR count). The molecular formula is C13H15ClN2. The smallest absolute Gasteiger partial charge is 0.149 e. The third-order valence-electron chi connectivity index (χ3n) is 2.04. The van der Waals surface area contributed by atoms with Gasteiger partial charge in [0.1, 0.15) is 0 Å². The lowest BCUT2D eigenvalue weighted by molar-refractivity contribution is 0.969. The van der Waals surface area contributed by atoms with Crippen molar-refractivity contribution in [2.45, 2.75) is 20.3 Å². The first kappa shape index (κ1) is 12.7. The summed E-state index contributed by atoms with van der Waals surface area (Å²) in [6.07, 6.45) is 12.6. The van der Waals surface area contributed by atoms with Gasteiger partial charge in [-0.25, -0.2) is 0 Å². The van der Waals surface area contributed by atoms with Gasteiger partial charge in [-0.15, -0.1) is 10.2 Å². The van der Waals surface area contributed by atoms with E-state index in [0.717, 1.165) is 17.7 Å². The Morgan fingerprint density at radius 2 is 1.94 bits per heavy atom. The van der Waals surface area contributed by atoms with Crippen LogP contribution < -0.4 is 0 Å². The molecule has 0 spiro atoms. The zero-order valence-corrected chi connectivity index (χ0v) is 10.3. The fourth-order valence-corrected chi connectivity index (χ4v) is 1.39. The molecule has 0 bridgehead atoms. The summed E-state index contributed by atoms with van der Waals surface area (Å²) in [6.45, 7) is 4.05. The van der Waals surface area contributed by atoms with E-state index in [2.05, 4.69) is 17.1 Å². The summed E-state index contributed by atoms with van der Waals surface area (Å²) in [6, 6.07) is 1.85. The molecule has 0 aliphatic heterocycles. The second-order valence-electron chi connectivity index (χ2n) is 3.20. The van der Waals surface area contributed by atoms with Crippen LogP contribution in [-0.2, 0) is 6.42 Å². The average Bonchev–Trinajstić information content (AvgIpc) is 2.30. The van der Waals surface area contributed by atoms with Gasteiger partial charge in [-0.3, -0.25) is 0 Å². The fraction of sp³-hybridized carbons (Fsp3) is 0.231. The minimum atomic E-state index is 0.443. The van der Waals surface area contributed by atoms with E-state index in [1.54, 1.807) is 0 Å². The Kier molecular flexibility index (Phi) is 5.51. The van der Waals surface area contributed by atoms with Crippen molar-refractivity contribution in [1.82, 2.24) is 10.2 Å². The van der Waals surface area contributed by atoms with E-state index in [4.69, 9.17) is 11.6 Å². The molecule has 0 atom stereocenters. The van der Waals surface area contributed by atoms with E-state index >= 15 is 0 Å². The molecule has 3 heteroatoms. The molecule has 0 N–H and O–H groups in total. The number of halogens is 1. The highest BCUT2D eigenvalue weighted by atomic mass is 35.5. The van der Waals surface area contributed by atoms with Gasteiger partial charge in [0.15, 0.2) is 5.15 Å². The monoisotopic (exact) mass is 234 g/mol. The molecule has 0 amide bonds. The van der Waals surface area contributed by atoms with E-state index in [9.17, 15) is 0 Å². The van der Waals surface area contributed by atoms with Gasteiger partial charge in [-0.1, -0.05) is 48.9 Å². The maximum Gasteiger partial charge on any atom is 0.152 e. The topological polar surface area (TPSA) is 25.8 Å². The molecule has 0 fully saturated rings. The predicted molar refractivity (Wildman–Crippen MR) is 69.4 cm³/mol. The fourth-order valence-electron chi connectivity index (χ4n) is 1.22. The van der Waals surface area contributed by atoms with Crippen LogP contribution in [0.2, 0.25) is 5.15 Å². The van der Waals surface area contributed by atoms with E-state index in [1.807, 2.05) is 49.4 Å². The van der Waals surface area contributed by atoms with Gasteiger partial charge in [-0.05, 0) is 31.1 Å². The maximum atomic E-state index is 5.78. The Balaban J connectivity index is 2.80. The van der Waals surface area contributed by atoms with Crippen molar-refractivity contribution in [3.05, 3.63) is 52.9 Å². The first-order chi connectivity index (χ1) is 7.77. The van der Waals surface area contributed by atoms with Crippen molar-refractivity contribution in [3.8, 4) is 0 Å². The van der Waals surface area contributed by atoms with Crippen molar-refractivity contribution >= 4 is 17.7 Å². The van der Waals surface area contributed by atoms with Gasteiger partial charge in [0.2, 0.25) is 0 Å². The van der Waals surface area contributed by atoms with Crippen LogP contribution in [0.1, 0.15) is 25.1 Å². The van der Waals surface area contributed by atoms with E-state index in [1.165, 1.54) is 0 Å². The quantitative estimate of drug-likeness (QED) is 0.740. The largest absolute Gasteiger partial charge is 0.152 e. The second kappa shape index (κ2) is 6.96. The van der Waals surface area contributed by atoms with Crippen LogP contribution in [0.5, 0.6) is 0 Å². The van der Waals surface area contributed by atoms with Crippen LogP contribution in [-0.4, -0.2) is 10.2 Å². The highest BCUT2D eigenvalue weighted by Gasteiger charge is 2.00. The minimum absolute atomic E-state index is 0.443. The van der Waals surface area contributed by atoms with Gasteiger partial charge in [0.25, 0.3) is 0 Å². The lowest BCUT2D eigenvalue weighted by Gasteiger charge is -2.00. The zero-order valence-electron chi connectivity index (χ0n) is 9.52. The molecule has 0 aromatic carbocycles. The number of nitrogens with zero attached hydrogens (tertiary/aromatic N) is 2. The lowest BCUT2D eigenvalue weighted by atomic mass is 10.1. The highest BCUT2D eigenvalue weighted by Crippen LogP contribution is 2.12. The molecule has 1 heterocycles. The van der Waals surface area contributed by atoms with Crippen molar-refractivity contribution < 1.29 is 0 Å². The van der Waals surface area contributed by atoms with Crippen LogP contribution in [0.4, 0.5) is 0 Å². The maximum absolute atomic E-state index is 5.78. The standard InChI is InChI=1S/C13H15ClN2/c1-3-5-6-7-8-9-12-11(4-2)10-13(14)16-15-12/h3,5-10H,4H2,1-2H3/b5-3-,7-6-,9-8+. The third-order valence-corrected chi connectivity index (χ3v) is 2.22. The molecule has 1 aromatic heterocycles. The summed E-state index contributed by atoms with van der Waals surface area (Å²) in [5.74, 6) is 0. The molecule has 0 saturated carbocycles. The van der Waals surface area contributed by atoms with Gasteiger partial charge >= 0.3 is 0 Å². The van der Waals surface area contributed by atoms with Crippen LogP contribution in [0.3, 0.4) is 0 Å². The normalized spacial score (nSPS) is 12.2. The third kappa shape index (κ3) is 3.99. The lowest BCUT2D eigenvalue weighted by Crippen LogP contribution is -1.93. The predicted octanol–water partition coefficient (Wildman–Crippen LogP) is 3.84. The summed E-state index contributed by atoms with van der Waals surface area (Å²) >= 11 is 5.78. The number of hydrogen-bond donors (Lipinski definition) is 0. The van der Waals surface area contributed by atoms with E-state index < -0.39 is 0 Å². The molecule has 84 valence electrons. The van der Waals surface area contributed by atoms with Crippen molar-refractivity contribution in [2.24, 2.45) is 0 Å². The Morgan fingerprint density at radius 1 is 1.19 bits per heavy atom. The molecule has 16 heavy (non-hydrogen) atoms. The van der Waals surface area contributed by atoms with Crippen LogP contribution in [0.15, 0.2) is 36.4 Å². The van der Waals surface area contributed by atoms with E-state index in [0.29, 0.717) is 5.15 Å². The van der Waals surface area contributed by atoms with Gasteiger partial charge in [0.05, 0.1) is 5.69 Å². The number of aromatic nitrogens is 2. The van der Waals surface area contributed by atoms with Gasteiger partial charge < -0.3 is 0 Å². The summed E-state index contributed by atoms with van der Waals surface area (Å²) in [5, 5.41) is 8.32. The molecule has 1 aromatic rings. The van der Waals surface area contributed by atoms with E-state index in [-0.39, 0.29) is 0 Å². The number of allylic oxidation sites excluding steroid dienone is 5. The summed E-state index contributed by atoms with van der Waals surface area (Å²) < 4.78 is 0. The number of hydrogen-bond acceptors (Lipinski definition) is 2. The summed E-state index contributed by atoms with van der Waals surface area (Å²) in [5.41, 5.74) is 1.98. The molecular weight excluding hydrogens is 220 g/mol. The number of aryl methyl sites for hydroxylation is 1. The first-order valence-corrected chi connectivity index (χ1v) is 5.63. The van der Waals surface area contributed by atoms with Crippen LogP contribution in [0, 0.1) is 0 Å². The molecule has 0 saturated heterocycles. The van der Waals surface area contributed by atoms with Crippen molar-refractivity contribution in [3.63, 3.8) is 0 Å². The molecule has 2 nitrogen and oxygen atoms in total. The first-order valence-electron chi connectivity index (χ1n) is 5.26. The van der Waals surface area contributed by atoms with Crippen LogP contribution >= 0.6 is 11.6 Å². The summed E-state index contributed by atoms with van der Waals surface area (Å²) in [7, 11) is 0. The Labute approximate surface area is 101 Å². The minimum Gasteiger partial charge on any atom is -0.149 e. The van der Waals surface area contributed by atoms with Crippen LogP contribution in [0.25, 0.3) is 6.08 Å². The van der Waals surface area contributed by atoms with Crippen molar-refractivity contribution in [2.75, 3.05) is 0 Å². The average molecular weight is 235 g/mol. The Bertz CT molecular complexity index is 420. The number of rotatable bonds is 4. The molecule has 0 unspecified atom stereocenters. The zero-order chi connectivity index (χ0) is 11.8. The van der Waals surface area contributed by atoms with Crippen molar-refractivity contribution in [1.29, 1.82) is 0 Å².